The molecular formula is C12H14N2O3S. The van der Waals surface area contributed by atoms with Gasteiger partial charge in [-0.1, -0.05) is 11.3 Å². The van der Waals surface area contributed by atoms with Crippen molar-refractivity contribution in [1.82, 2.24) is 4.98 Å². The first-order valence-electron chi connectivity index (χ1n) is 5.63. The number of hydrogen-bond donors (Lipinski definition) is 2. The monoisotopic (exact) mass is 266 g/mol. The van der Waals surface area contributed by atoms with Gasteiger partial charge >= 0.3 is 5.97 Å². The highest BCUT2D eigenvalue weighted by Gasteiger charge is 2.10. The minimum absolute atomic E-state index is 0.211. The number of thiazole rings is 1. The lowest BCUT2D eigenvalue weighted by molar-refractivity contribution is 0.0702. The molecule has 0 aromatic carbocycles. The first kappa shape index (κ1) is 12.6. The normalized spacial score (nSPS) is 12.3. The summed E-state index contributed by atoms with van der Waals surface area (Å²) in [5.41, 5.74) is 0. The Bertz CT molecular complexity index is 507. The molecule has 0 saturated carbocycles. The second-order valence-electron chi connectivity index (χ2n) is 4.00. The van der Waals surface area contributed by atoms with Gasteiger partial charge in [-0.2, -0.15) is 0 Å². The van der Waals surface area contributed by atoms with Crippen molar-refractivity contribution >= 4 is 22.4 Å². The number of anilines is 1. The third-order valence-corrected chi connectivity index (χ3v) is 3.41. The van der Waals surface area contributed by atoms with Crippen LogP contribution in [-0.2, 0) is 6.42 Å². The Kier molecular flexibility index (Phi) is 3.99. The molecule has 0 fully saturated rings. The summed E-state index contributed by atoms with van der Waals surface area (Å²) in [6.07, 6.45) is 4.77. The number of aryl methyl sites for hydroxylation is 1. The number of nitrogens with zero attached hydrogens (tertiary/aromatic N) is 1. The number of rotatable bonds is 6. The van der Waals surface area contributed by atoms with Crippen LogP contribution < -0.4 is 5.32 Å². The van der Waals surface area contributed by atoms with Crippen molar-refractivity contribution in [2.75, 3.05) is 5.32 Å². The predicted molar refractivity (Wildman–Crippen MR) is 69.2 cm³/mol. The van der Waals surface area contributed by atoms with E-state index in [1.165, 1.54) is 6.20 Å². The van der Waals surface area contributed by atoms with Crippen LogP contribution in [-0.4, -0.2) is 22.1 Å². The number of carbonyl (C=O) groups is 1. The van der Waals surface area contributed by atoms with Gasteiger partial charge in [-0.25, -0.2) is 9.78 Å². The Morgan fingerprint density at radius 3 is 3.11 bits per heavy atom. The van der Waals surface area contributed by atoms with Crippen LogP contribution in [0.1, 0.15) is 28.8 Å². The third-order valence-electron chi connectivity index (χ3n) is 2.49. The molecule has 0 bridgehead atoms. The van der Waals surface area contributed by atoms with Gasteiger partial charge in [-0.15, -0.1) is 0 Å². The summed E-state index contributed by atoms with van der Waals surface area (Å²) in [6, 6.07) is 4.02. The fourth-order valence-corrected chi connectivity index (χ4v) is 2.30. The molecule has 0 spiro atoms. The number of furan rings is 1. The van der Waals surface area contributed by atoms with Gasteiger partial charge in [0.05, 0.1) is 12.5 Å². The van der Waals surface area contributed by atoms with Crippen molar-refractivity contribution in [3.8, 4) is 0 Å². The van der Waals surface area contributed by atoms with Crippen LogP contribution >= 0.6 is 11.3 Å². The van der Waals surface area contributed by atoms with Gasteiger partial charge in [0.25, 0.3) is 0 Å². The summed E-state index contributed by atoms with van der Waals surface area (Å²) in [5.74, 6) is 0.0119. The molecule has 2 aromatic heterocycles. The number of aromatic nitrogens is 1. The van der Waals surface area contributed by atoms with E-state index in [2.05, 4.69) is 10.3 Å². The highest BCUT2D eigenvalue weighted by Crippen LogP contribution is 2.19. The van der Waals surface area contributed by atoms with Gasteiger partial charge in [0.1, 0.15) is 10.6 Å². The average Bonchev–Trinajstić information content (AvgIpc) is 2.96. The summed E-state index contributed by atoms with van der Waals surface area (Å²) in [5, 5.41) is 12.6. The first-order chi connectivity index (χ1) is 8.65. The van der Waals surface area contributed by atoms with E-state index in [0.29, 0.717) is 5.13 Å². The molecule has 0 aliphatic carbocycles. The van der Waals surface area contributed by atoms with Crippen LogP contribution in [0, 0.1) is 0 Å². The van der Waals surface area contributed by atoms with Crippen LogP contribution in [0.3, 0.4) is 0 Å². The van der Waals surface area contributed by atoms with Crippen molar-refractivity contribution in [3.05, 3.63) is 35.2 Å². The smallest absolute Gasteiger partial charge is 0.347 e. The van der Waals surface area contributed by atoms with Crippen LogP contribution in [0.25, 0.3) is 0 Å². The van der Waals surface area contributed by atoms with Crippen LogP contribution in [0.4, 0.5) is 5.13 Å². The van der Waals surface area contributed by atoms with Gasteiger partial charge < -0.3 is 14.8 Å². The number of aromatic carboxylic acids is 1. The molecule has 2 aromatic rings. The Morgan fingerprint density at radius 2 is 2.50 bits per heavy atom. The van der Waals surface area contributed by atoms with Crippen LogP contribution in [0.5, 0.6) is 0 Å². The summed E-state index contributed by atoms with van der Waals surface area (Å²) in [7, 11) is 0. The lowest BCUT2D eigenvalue weighted by Crippen LogP contribution is -2.15. The van der Waals surface area contributed by atoms with Crippen molar-refractivity contribution < 1.29 is 14.3 Å². The lowest BCUT2D eigenvalue weighted by atomic mass is 10.1. The molecule has 1 atom stereocenters. The first-order valence-corrected chi connectivity index (χ1v) is 6.45. The van der Waals surface area contributed by atoms with Crippen molar-refractivity contribution in [1.29, 1.82) is 0 Å². The maximum Gasteiger partial charge on any atom is 0.347 e. The van der Waals surface area contributed by atoms with Crippen LogP contribution in [0.15, 0.2) is 29.0 Å². The SMILES string of the molecule is CC(CCc1ccco1)Nc1ncc(C(=O)O)s1. The molecule has 0 aliphatic heterocycles. The molecule has 2 N–H and O–H groups in total. The molecule has 0 saturated heterocycles. The standard InChI is InChI=1S/C12H14N2O3S/c1-8(4-5-9-3-2-6-17-9)14-12-13-7-10(18-12)11(15)16/h2-3,6-8H,4-5H2,1H3,(H,13,14)(H,15,16). The van der Waals surface area contributed by atoms with E-state index in [1.54, 1.807) is 6.26 Å². The maximum absolute atomic E-state index is 10.7. The van der Waals surface area contributed by atoms with E-state index < -0.39 is 5.97 Å². The zero-order chi connectivity index (χ0) is 13.0. The Labute approximate surface area is 108 Å². The quantitative estimate of drug-likeness (QED) is 0.840. The molecule has 1 unspecified atom stereocenters. The number of nitrogens with one attached hydrogen (secondary N) is 1. The van der Waals surface area contributed by atoms with E-state index in [0.717, 1.165) is 29.9 Å². The summed E-state index contributed by atoms with van der Waals surface area (Å²) in [6.45, 7) is 2.03. The molecule has 96 valence electrons. The fraction of sp³-hybridized carbons (Fsp3) is 0.333. The largest absolute Gasteiger partial charge is 0.477 e. The molecule has 5 nitrogen and oxygen atoms in total. The van der Waals surface area contributed by atoms with E-state index in [9.17, 15) is 4.79 Å². The van der Waals surface area contributed by atoms with Crippen molar-refractivity contribution in [3.63, 3.8) is 0 Å². The van der Waals surface area contributed by atoms with Crippen LogP contribution in [0.2, 0.25) is 0 Å². The van der Waals surface area contributed by atoms with Gasteiger partial charge in [0.15, 0.2) is 5.13 Å². The second-order valence-corrected chi connectivity index (χ2v) is 5.03. The van der Waals surface area contributed by atoms with E-state index in [1.807, 2.05) is 19.1 Å². The summed E-state index contributed by atoms with van der Waals surface area (Å²) < 4.78 is 5.25. The summed E-state index contributed by atoms with van der Waals surface area (Å²) in [4.78, 5) is 15.0. The Hall–Kier alpha value is -1.82. The molecule has 6 heteroatoms. The van der Waals surface area contributed by atoms with Gasteiger partial charge in [0.2, 0.25) is 0 Å². The zero-order valence-corrected chi connectivity index (χ0v) is 10.7. The highest BCUT2D eigenvalue weighted by molar-refractivity contribution is 7.17. The molecule has 18 heavy (non-hydrogen) atoms. The highest BCUT2D eigenvalue weighted by atomic mass is 32.1. The zero-order valence-electron chi connectivity index (χ0n) is 9.92. The molecule has 0 amide bonds. The number of carboxylic acids is 1. The molecular weight excluding hydrogens is 252 g/mol. The van der Waals surface area contributed by atoms with Crippen molar-refractivity contribution in [2.45, 2.75) is 25.8 Å². The number of carboxylic acid groups (broad SMARTS) is 1. The van der Waals surface area contributed by atoms with Crippen molar-refractivity contribution in [2.24, 2.45) is 0 Å². The van der Waals surface area contributed by atoms with Gasteiger partial charge in [-0.05, 0) is 25.5 Å². The lowest BCUT2D eigenvalue weighted by Gasteiger charge is -2.11. The van der Waals surface area contributed by atoms with E-state index >= 15 is 0 Å². The topological polar surface area (TPSA) is 75.4 Å². The second kappa shape index (κ2) is 5.68. The predicted octanol–water partition coefficient (Wildman–Crippen LogP) is 2.87. The maximum atomic E-state index is 10.7. The minimum Gasteiger partial charge on any atom is -0.477 e. The molecule has 0 aliphatic rings. The molecule has 2 rings (SSSR count). The third kappa shape index (κ3) is 3.33. The Morgan fingerprint density at radius 1 is 1.67 bits per heavy atom. The van der Waals surface area contributed by atoms with Gasteiger partial charge in [0, 0.05) is 12.5 Å². The fourth-order valence-electron chi connectivity index (χ4n) is 1.54. The minimum atomic E-state index is -0.941. The Balaban J connectivity index is 1.82. The molecule has 2 heterocycles. The number of hydrogen-bond acceptors (Lipinski definition) is 5. The van der Waals surface area contributed by atoms with E-state index in [4.69, 9.17) is 9.52 Å². The average molecular weight is 266 g/mol. The van der Waals surface area contributed by atoms with E-state index in [-0.39, 0.29) is 10.9 Å². The van der Waals surface area contributed by atoms with Gasteiger partial charge in [-0.3, -0.25) is 0 Å². The molecule has 0 radical (unpaired) electrons. The summed E-state index contributed by atoms with van der Waals surface area (Å²) >= 11 is 1.15.